The Labute approximate surface area is 167 Å². The second-order valence-electron chi connectivity index (χ2n) is 8.13. The van der Waals surface area contributed by atoms with Crippen molar-refractivity contribution in [2.24, 2.45) is 0 Å². The number of ether oxygens (including phenoxy) is 1. The molecule has 1 aliphatic rings. The first kappa shape index (κ1) is 20.8. The van der Waals surface area contributed by atoms with Crippen molar-refractivity contribution in [2.75, 3.05) is 5.73 Å². The maximum Gasteiger partial charge on any atom is 0.341 e. The number of nitrogens with zero attached hydrogens (tertiary/aromatic N) is 2. The van der Waals surface area contributed by atoms with Crippen molar-refractivity contribution < 1.29 is 23.1 Å². The van der Waals surface area contributed by atoms with Gasteiger partial charge in [0.2, 0.25) is 0 Å². The summed E-state index contributed by atoms with van der Waals surface area (Å²) in [6.45, 7) is 5.08. The van der Waals surface area contributed by atoms with Gasteiger partial charge >= 0.3 is 5.97 Å². The summed E-state index contributed by atoms with van der Waals surface area (Å²) in [6.07, 6.45) is 0.609. The second-order valence-corrected chi connectivity index (χ2v) is 8.13. The predicted octanol–water partition coefficient (Wildman–Crippen LogP) is 3.99. The minimum atomic E-state index is -1.51. The van der Waals surface area contributed by atoms with Crippen LogP contribution in [0.4, 0.5) is 14.6 Å². The molecule has 2 aromatic rings. The molecule has 3 rings (SSSR count). The van der Waals surface area contributed by atoms with Gasteiger partial charge in [0.15, 0.2) is 12.0 Å². The van der Waals surface area contributed by atoms with E-state index >= 15 is 0 Å². The van der Waals surface area contributed by atoms with Crippen LogP contribution in [0.2, 0.25) is 0 Å². The molecule has 29 heavy (non-hydrogen) atoms. The molecule has 0 amide bonds. The zero-order valence-corrected chi connectivity index (χ0v) is 16.5. The molecule has 2 atom stereocenters. The van der Waals surface area contributed by atoms with Gasteiger partial charge in [-0.15, -0.1) is 0 Å². The van der Waals surface area contributed by atoms with Crippen molar-refractivity contribution in [1.29, 1.82) is 0 Å². The molecule has 0 radical (unpaired) electrons. The Bertz CT molecular complexity index is 957. The van der Waals surface area contributed by atoms with Gasteiger partial charge in [0.05, 0.1) is 17.5 Å². The van der Waals surface area contributed by atoms with Gasteiger partial charge in [0.25, 0.3) is 0 Å². The predicted molar refractivity (Wildman–Crippen MR) is 104 cm³/mol. The first-order valence-electron chi connectivity index (χ1n) is 9.37. The Hall–Kier alpha value is -2.90. The number of anilines is 1. The maximum absolute atomic E-state index is 14.6. The molecule has 1 saturated carbocycles. The van der Waals surface area contributed by atoms with E-state index < -0.39 is 29.3 Å². The van der Waals surface area contributed by atoms with E-state index in [-0.39, 0.29) is 35.8 Å². The molecule has 0 spiro atoms. The highest BCUT2D eigenvalue weighted by molar-refractivity contribution is 5.91. The molecule has 1 aliphatic carbocycles. The Balaban J connectivity index is 1.90. The van der Waals surface area contributed by atoms with Crippen LogP contribution >= 0.6 is 0 Å². The smallest absolute Gasteiger partial charge is 0.341 e. The number of nitrogen functional groups attached to an aromatic ring is 1. The number of esters is 1. The summed E-state index contributed by atoms with van der Waals surface area (Å²) in [5, 5.41) is 0. The van der Waals surface area contributed by atoms with Crippen LogP contribution in [0.1, 0.15) is 62.0 Å². The summed E-state index contributed by atoms with van der Waals surface area (Å²) in [6, 6.07) is 3.96. The minimum Gasteiger partial charge on any atom is -0.456 e. The van der Waals surface area contributed by atoms with Crippen molar-refractivity contribution in [2.45, 2.75) is 57.7 Å². The van der Waals surface area contributed by atoms with Crippen LogP contribution in [0.5, 0.6) is 0 Å². The number of Topliss-reactive ketones (excluding diaryl/α,β-unsaturated/α-hetero) is 1. The summed E-state index contributed by atoms with van der Waals surface area (Å²) in [5.41, 5.74) is 6.05. The number of halogens is 2. The van der Waals surface area contributed by atoms with Gasteiger partial charge in [-0.3, -0.25) is 4.79 Å². The lowest BCUT2D eigenvalue weighted by molar-refractivity contribution is -0.125. The van der Waals surface area contributed by atoms with E-state index in [1.807, 2.05) is 0 Å². The number of carbonyl (C=O) groups excluding carboxylic acids is 2. The van der Waals surface area contributed by atoms with Gasteiger partial charge in [-0.1, -0.05) is 6.07 Å². The highest BCUT2D eigenvalue weighted by Crippen LogP contribution is 2.34. The first-order valence-corrected chi connectivity index (χ1v) is 9.37. The van der Waals surface area contributed by atoms with E-state index in [0.717, 1.165) is 6.07 Å². The summed E-state index contributed by atoms with van der Waals surface area (Å²) in [5.74, 6) is -2.11. The number of nitrogens with two attached hydrogens (primary N) is 1. The summed E-state index contributed by atoms with van der Waals surface area (Å²) >= 11 is 0. The lowest BCUT2D eigenvalue weighted by atomic mass is 9.85. The molecule has 8 heteroatoms. The monoisotopic (exact) mass is 403 g/mol. The van der Waals surface area contributed by atoms with Crippen LogP contribution in [-0.4, -0.2) is 33.5 Å². The second kappa shape index (κ2) is 7.85. The van der Waals surface area contributed by atoms with Crippen LogP contribution in [0.25, 0.3) is 11.3 Å². The standard InChI is InChI=1S/C21H23F2N3O3/c1-21(2,3)29-20(28)13-6-4-12(9-14(13)22)18-19(24)25-10-16(26-18)11-5-7-17(27)15(23)8-11/h4,6,9-11,15H,5,7-8H2,1-3H3,(H2,24,25)/t11?,15-/m0/s1. The lowest BCUT2D eigenvalue weighted by Crippen LogP contribution is -2.25. The maximum atomic E-state index is 14.6. The summed E-state index contributed by atoms with van der Waals surface area (Å²) < 4.78 is 33.6. The first-order chi connectivity index (χ1) is 13.5. The van der Waals surface area contributed by atoms with Gasteiger partial charge in [0, 0.05) is 17.9 Å². The zero-order chi connectivity index (χ0) is 21.3. The highest BCUT2D eigenvalue weighted by atomic mass is 19.1. The van der Waals surface area contributed by atoms with E-state index in [2.05, 4.69) is 9.97 Å². The van der Waals surface area contributed by atoms with Crippen molar-refractivity contribution in [3.05, 3.63) is 41.5 Å². The molecule has 1 heterocycles. The zero-order valence-electron chi connectivity index (χ0n) is 16.5. The van der Waals surface area contributed by atoms with Crippen molar-refractivity contribution in [1.82, 2.24) is 9.97 Å². The third-order valence-electron chi connectivity index (χ3n) is 4.68. The van der Waals surface area contributed by atoms with E-state index in [9.17, 15) is 18.4 Å². The molecule has 1 fully saturated rings. The molecular formula is C21H23F2N3O3. The summed E-state index contributed by atoms with van der Waals surface area (Å²) in [7, 11) is 0. The van der Waals surface area contributed by atoms with Crippen molar-refractivity contribution >= 4 is 17.6 Å². The topological polar surface area (TPSA) is 95.2 Å². The molecule has 2 N–H and O–H groups in total. The minimum absolute atomic E-state index is 0.0445. The average Bonchev–Trinajstić information content (AvgIpc) is 2.63. The van der Waals surface area contributed by atoms with Crippen LogP contribution < -0.4 is 5.73 Å². The largest absolute Gasteiger partial charge is 0.456 e. The molecule has 0 bridgehead atoms. The number of aromatic nitrogens is 2. The van der Waals surface area contributed by atoms with Gasteiger partial charge in [-0.2, -0.15) is 0 Å². The van der Waals surface area contributed by atoms with E-state index in [0.29, 0.717) is 17.7 Å². The van der Waals surface area contributed by atoms with E-state index in [4.69, 9.17) is 10.5 Å². The molecule has 1 aromatic carbocycles. The van der Waals surface area contributed by atoms with Crippen LogP contribution in [-0.2, 0) is 9.53 Å². The molecule has 1 unspecified atom stereocenters. The lowest BCUT2D eigenvalue weighted by Gasteiger charge is -2.23. The number of ketones is 1. The number of rotatable bonds is 3. The molecule has 1 aromatic heterocycles. The number of benzene rings is 1. The van der Waals surface area contributed by atoms with Crippen molar-refractivity contribution in [3.8, 4) is 11.3 Å². The van der Waals surface area contributed by atoms with Gasteiger partial charge in [-0.05, 0) is 45.7 Å². The van der Waals surface area contributed by atoms with Crippen LogP contribution in [0.15, 0.2) is 24.4 Å². The van der Waals surface area contributed by atoms with Crippen LogP contribution in [0.3, 0.4) is 0 Å². The Morgan fingerprint density at radius 3 is 2.66 bits per heavy atom. The normalized spacial score (nSPS) is 19.8. The quantitative estimate of drug-likeness (QED) is 0.779. The fraction of sp³-hybridized carbons (Fsp3) is 0.429. The van der Waals surface area contributed by atoms with Gasteiger partial charge in [0.1, 0.15) is 22.9 Å². The Morgan fingerprint density at radius 2 is 2.03 bits per heavy atom. The average molecular weight is 403 g/mol. The highest BCUT2D eigenvalue weighted by Gasteiger charge is 2.30. The van der Waals surface area contributed by atoms with Crippen molar-refractivity contribution in [3.63, 3.8) is 0 Å². The third-order valence-corrected chi connectivity index (χ3v) is 4.68. The molecule has 6 nitrogen and oxygen atoms in total. The fourth-order valence-electron chi connectivity index (χ4n) is 3.22. The third kappa shape index (κ3) is 4.75. The molecule has 0 saturated heterocycles. The number of alkyl halides is 1. The number of carbonyl (C=O) groups is 2. The Kier molecular flexibility index (Phi) is 5.64. The fourth-order valence-corrected chi connectivity index (χ4v) is 3.22. The SMILES string of the molecule is CC(C)(C)OC(=O)c1ccc(-c2nc(C3CCC(=O)[C@@H](F)C3)cnc2N)cc1F. The Morgan fingerprint density at radius 1 is 1.31 bits per heavy atom. The van der Waals surface area contributed by atoms with E-state index in [1.165, 1.54) is 18.3 Å². The molecular weight excluding hydrogens is 380 g/mol. The van der Waals surface area contributed by atoms with E-state index in [1.54, 1.807) is 20.8 Å². The van der Waals surface area contributed by atoms with Gasteiger partial charge < -0.3 is 10.5 Å². The van der Waals surface area contributed by atoms with Gasteiger partial charge in [-0.25, -0.2) is 23.5 Å². The number of hydrogen-bond acceptors (Lipinski definition) is 6. The summed E-state index contributed by atoms with van der Waals surface area (Å²) in [4.78, 5) is 32.1. The molecule has 154 valence electrons. The van der Waals surface area contributed by atoms with Crippen LogP contribution in [0, 0.1) is 5.82 Å². The number of hydrogen-bond donors (Lipinski definition) is 1. The molecule has 0 aliphatic heterocycles.